The van der Waals surface area contributed by atoms with Crippen LogP contribution in [0.1, 0.15) is 37.9 Å². The van der Waals surface area contributed by atoms with Crippen LogP contribution in [-0.2, 0) is 4.79 Å². The van der Waals surface area contributed by atoms with Gasteiger partial charge in [-0.05, 0) is 19.9 Å². The number of carbonyl (C=O) groups excluding carboxylic acids is 1. The monoisotopic (exact) mass is 334 g/mol. The lowest BCUT2D eigenvalue weighted by atomic mass is 10.0. The molecule has 1 rings (SSSR count). The topological polar surface area (TPSA) is 74.8 Å². The van der Waals surface area contributed by atoms with Crippen LogP contribution in [0.25, 0.3) is 0 Å². The van der Waals surface area contributed by atoms with Gasteiger partial charge in [-0.25, -0.2) is 0 Å². The maximum Gasteiger partial charge on any atom is 0.222 e. The van der Waals surface area contributed by atoms with Crippen LogP contribution < -0.4 is 20.7 Å². The van der Waals surface area contributed by atoms with Gasteiger partial charge in [-0.3, -0.25) is 9.79 Å². The number of rotatable bonds is 7. The predicted molar refractivity (Wildman–Crippen MR) is 98.5 cm³/mol. The fraction of sp³-hybridized carbons (Fsp3) is 0.556. The molecule has 0 heterocycles. The Morgan fingerprint density at radius 3 is 2.46 bits per heavy atom. The summed E-state index contributed by atoms with van der Waals surface area (Å²) in [6, 6.07) is 6.14. The molecule has 1 aromatic rings. The molecule has 134 valence electrons. The van der Waals surface area contributed by atoms with E-state index in [-0.39, 0.29) is 17.9 Å². The standard InChI is InChI=1S/C18H30N4O2/c1-12(2)17(23)20-9-10-21-18(19-5)22-14(4)15-11-13(3)7-8-16(15)24-6/h7-8,11-12,14H,9-10H2,1-6H3,(H,20,23)(H2,19,21,22). The lowest BCUT2D eigenvalue weighted by Gasteiger charge is -2.21. The van der Waals surface area contributed by atoms with Crippen molar-refractivity contribution in [1.29, 1.82) is 0 Å². The van der Waals surface area contributed by atoms with Crippen LogP contribution in [-0.4, -0.2) is 39.1 Å². The van der Waals surface area contributed by atoms with Crippen molar-refractivity contribution in [3.63, 3.8) is 0 Å². The summed E-state index contributed by atoms with van der Waals surface area (Å²) in [5.74, 6) is 1.58. The third-order valence-electron chi connectivity index (χ3n) is 3.67. The number of methoxy groups -OCH3 is 1. The van der Waals surface area contributed by atoms with Gasteiger partial charge in [-0.15, -0.1) is 0 Å². The van der Waals surface area contributed by atoms with Gasteiger partial charge in [-0.2, -0.15) is 0 Å². The highest BCUT2D eigenvalue weighted by atomic mass is 16.5. The molecule has 0 saturated heterocycles. The Kier molecular flexibility index (Phi) is 8.09. The first-order valence-electron chi connectivity index (χ1n) is 8.28. The van der Waals surface area contributed by atoms with Gasteiger partial charge in [0.1, 0.15) is 5.75 Å². The highest BCUT2D eigenvalue weighted by Crippen LogP contribution is 2.25. The van der Waals surface area contributed by atoms with Crippen molar-refractivity contribution in [3.8, 4) is 5.75 Å². The molecule has 0 fully saturated rings. The third-order valence-corrected chi connectivity index (χ3v) is 3.67. The molecule has 1 atom stereocenters. The maximum atomic E-state index is 11.5. The van der Waals surface area contributed by atoms with Gasteiger partial charge >= 0.3 is 0 Å². The van der Waals surface area contributed by atoms with Gasteiger partial charge < -0.3 is 20.7 Å². The molecule has 1 amide bonds. The van der Waals surface area contributed by atoms with E-state index < -0.39 is 0 Å². The van der Waals surface area contributed by atoms with Crippen LogP contribution in [0.3, 0.4) is 0 Å². The van der Waals surface area contributed by atoms with Gasteiger partial charge in [0.15, 0.2) is 5.96 Å². The lowest BCUT2D eigenvalue weighted by Crippen LogP contribution is -2.42. The smallest absolute Gasteiger partial charge is 0.222 e. The van der Waals surface area contributed by atoms with E-state index in [1.807, 2.05) is 26.0 Å². The molecule has 0 aliphatic rings. The van der Waals surface area contributed by atoms with Crippen LogP contribution >= 0.6 is 0 Å². The van der Waals surface area contributed by atoms with Gasteiger partial charge in [0, 0.05) is 31.6 Å². The Morgan fingerprint density at radius 2 is 1.88 bits per heavy atom. The molecular formula is C18H30N4O2. The van der Waals surface area contributed by atoms with Crippen molar-refractivity contribution in [2.45, 2.75) is 33.7 Å². The quantitative estimate of drug-likeness (QED) is 0.405. The van der Waals surface area contributed by atoms with E-state index in [2.05, 4.69) is 40.9 Å². The van der Waals surface area contributed by atoms with E-state index in [1.165, 1.54) is 5.56 Å². The van der Waals surface area contributed by atoms with Crippen LogP contribution in [0.2, 0.25) is 0 Å². The van der Waals surface area contributed by atoms with E-state index in [4.69, 9.17) is 4.74 Å². The first-order valence-corrected chi connectivity index (χ1v) is 8.28. The fourth-order valence-electron chi connectivity index (χ4n) is 2.24. The molecule has 0 aromatic heterocycles. The number of nitrogens with one attached hydrogen (secondary N) is 3. The number of aryl methyl sites for hydroxylation is 1. The van der Waals surface area contributed by atoms with Crippen molar-refractivity contribution >= 4 is 11.9 Å². The Labute approximate surface area is 145 Å². The highest BCUT2D eigenvalue weighted by Gasteiger charge is 2.13. The highest BCUT2D eigenvalue weighted by molar-refractivity contribution is 5.80. The normalized spacial score (nSPS) is 12.7. The van der Waals surface area contributed by atoms with Gasteiger partial charge in [0.25, 0.3) is 0 Å². The van der Waals surface area contributed by atoms with Gasteiger partial charge in [0.05, 0.1) is 13.2 Å². The molecule has 0 saturated carbocycles. The number of guanidine groups is 1. The molecule has 0 spiro atoms. The third kappa shape index (κ3) is 6.10. The van der Waals surface area contributed by atoms with E-state index in [1.54, 1.807) is 14.2 Å². The average Bonchev–Trinajstić information content (AvgIpc) is 2.56. The van der Waals surface area contributed by atoms with Crippen molar-refractivity contribution in [2.75, 3.05) is 27.2 Å². The molecule has 6 heteroatoms. The minimum Gasteiger partial charge on any atom is -0.496 e. The molecule has 0 bridgehead atoms. The Hall–Kier alpha value is -2.24. The largest absolute Gasteiger partial charge is 0.496 e. The molecule has 0 radical (unpaired) electrons. The number of carbonyl (C=O) groups is 1. The molecule has 1 unspecified atom stereocenters. The fourth-order valence-corrected chi connectivity index (χ4v) is 2.24. The average molecular weight is 334 g/mol. The summed E-state index contributed by atoms with van der Waals surface area (Å²) < 4.78 is 5.44. The number of hydrogen-bond acceptors (Lipinski definition) is 3. The summed E-state index contributed by atoms with van der Waals surface area (Å²) in [4.78, 5) is 15.7. The molecule has 0 aliphatic carbocycles. The van der Waals surface area contributed by atoms with Crippen molar-refractivity contribution in [2.24, 2.45) is 10.9 Å². The van der Waals surface area contributed by atoms with Crippen LogP contribution in [0, 0.1) is 12.8 Å². The lowest BCUT2D eigenvalue weighted by molar-refractivity contribution is -0.123. The van der Waals surface area contributed by atoms with Crippen molar-refractivity contribution in [3.05, 3.63) is 29.3 Å². The van der Waals surface area contributed by atoms with E-state index in [0.29, 0.717) is 19.0 Å². The molecule has 3 N–H and O–H groups in total. The summed E-state index contributed by atoms with van der Waals surface area (Å²) in [7, 11) is 3.40. The zero-order valence-corrected chi connectivity index (χ0v) is 15.6. The van der Waals surface area contributed by atoms with Gasteiger partial charge in [0.2, 0.25) is 5.91 Å². The molecule has 6 nitrogen and oxygen atoms in total. The van der Waals surface area contributed by atoms with Gasteiger partial charge in [-0.1, -0.05) is 31.5 Å². The minimum absolute atomic E-state index is 0.00348. The Balaban J connectivity index is 2.56. The summed E-state index contributed by atoms with van der Waals surface area (Å²) in [6.45, 7) is 9.03. The van der Waals surface area contributed by atoms with E-state index in [0.717, 1.165) is 11.3 Å². The summed E-state index contributed by atoms with van der Waals surface area (Å²) in [5.41, 5.74) is 2.26. The number of hydrogen-bond donors (Lipinski definition) is 3. The number of benzene rings is 1. The first kappa shape index (κ1) is 19.8. The minimum atomic E-state index is -0.00348. The second-order valence-corrected chi connectivity index (χ2v) is 6.06. The maximum absolute atomic E-state index is 11.5. The van der Waals surface area contributed by atoms with Crippen LogP contribution in [0.5, 0.6) is 5.75 Å². The zero-order valence-electron chi connectivity index (χ0n) is 15.6. The Morgan fingerprint density at radius 1 is 1.21 bits per heavy atom. The second-order valence-electron chi connectivity index (χ2n) is 6.06. The number of ether oxygens (including phenoxy) is 1. The molecule has 0 aliphatic heterocycles. The van der Waals surface area contributed by atoms with Crippen LogP contribution in [0.4, 0.5) is 0 Å². The summed E-state index contributed by atoms with van der Waals surface area (Å²) in [5, 5.41) is 9.41. The number of amides is 1. The first-order chi connectivity index (χ1) is 11.4. The molecule has 24 heavy (non-hydrogen) atoms. The molecular weight excluding hydrogens is 304 g/mol. The van der Waals surface area contributed by atoms with Crippen molar-refractivity contribution in [1.82, 2.24) is 16.0 Å². The summed E-state index contributed by atoms with van der Waals surface area (Å²) >= 11 is 0. The van der Waals surface area contributed by atoms with Crippen LogP contribution in [0.15, 0.2) is 23.2 Å². The Bertz CT molecular complexity index is 570. The molecule has 1 aromatic carbocycles. The van der Waals surface area contributed by atoms with E-state index in [9.17, 15) is 4.79 Å². The zero-order chi connectivity index (χ0) is 18.1. The summed E-state index contributed by atoms with van der Waals surface area (Å²) in [6.07, 6.45) is 0. The van der Waals surface area contributed by atoms with Crippen molar-refractivity contribution < 1.29 is 9.53 Å². The SMILES string of the molecule is CN=C(NCCNC(=O)C(C)C)NC(C)c1cc(C)ccc1OC. The number of nitrogens with zero attached hydrogens (tertiary/aromatic N) is 1. The second kappa shape index (κ2) is 9.80. The number of aliphatic imine (C=N–C) groups is 1. The predicted octanol–water partition coefficient (Wildman–Crippen LogP) is 2.00. The van der Waals surface area contributed by atoms with E-state index >= 15 is 0 Å².